The number of likely N-dealkylation sites (N-methyl/N-ethyl adjacent to an activating group) is 1. The lowest BCUT2D eigenvalue weighted by Gasteiger charge is -2.25. The minimum Gasteiger partial charge on any atom is -0.301 e. The lowest BCUT2D eigenvalue weighted by atomic mass is 10.1. The number of amides is 1. The van der Waals surface area contributed by atoms with Crippen molar-refractivity contribution in [1.82, 2.24) is 9.62 Å². The van der Waals surface area contributed by atoms with Crippen molar-refractivity contribution < 1.29 is 26.0 Å². The molecule has 1 N–H and O–H groups in total. The summed E-state index contributed by atoms with van der Waals surface area (Å²) in [4.78, 5) is 13.8. The Morgan fingerprint density at radius 2 is 1.81 bits per heavy atom. The SMILES string of the molecule is Cc1cc(N2C(=O)CCS2(=O)=O)ccc1S(=O)(=O)NCC(c1ccc(F)cc1)N(C)C. The normalized spacial score (nSPS) is 17.3. The molecule has 0 saturated carbocycles. The van der Waals surface area contributed by atoms with Crippen molar-refractivity contribution in [2.45, 2.75) is 24.3 Å². The Balaban J connectivity index is 1.83. The van der Waals surface area contributed by atoms with Crippen molar-refractivity contribution in [2.24, 2.45) is 0 Å². The average Bonchev–Trinajstić information content (AvgIpc) is 2.95. The van der Waals surface area contributed by atoms with Crippen LogP contribution in [-0.2, 0) is 24.8 Å². The fourth-order valence-corrected chi connectivity index (χ4v) is 6.19. The summed E-state index contributed by atoms with van der Waals surface area (Å²) < 4.78 is 66.5. The highest BCUT2D eigenvalue weighted by Gasteiger charge is 2.36. The molecule has 1 atom stereocenters. The quantitative estimate of drug-likeness (QED) is 0.663. The van der Waals surface area contributed by atoms with Gasteiger partial charge < -0.3 is 4.90 Å². The van der Waals surface area contributed by atoms with E-state index in [1.165, 1.54) is 37.3 Å². The van der Waals surface area contributed by atoms with Gasteiger partial charge in [-0.05, 0) is 62.5 Å². The van der Waals surface area contributed by atoms with Gasteiger partial charge in [0.1, 0.15) is 5.82 Å². The molecule has 1 saturated heterocycles. The van der Waals surface area contributed by atoms with E-state index in [-0.39, 0.29) is 41.2 Å². The zero-order valence-electron chi connectivity index (χ0n) is 17.4. The van der Waals surface area contributed by atoms with E-state index in [2.05, 4.69) is 4.72 Å². The van der Waals surface area contributed by atoms with Crippen molar-refractivity contribution in [3.05, 3.63) is 59.4 Å². The van der Waals surface area contributed by atoms with Gasteiger partial charge in [0, 0.05) is 19.0 Å². The number of hydrogen-bond donors (Lipinski definition) is 1. The van der Waals surface area contributed by atoms with E-state index in [0.29, 0.717) is 5.56 Å². The predicted octanol–water partition coefficient (Wildman–Crippen LogP) is 1.78. The topological polar surface area (TPSA) is 104 Å². The molecule has 2 aromatic rings. The molecule has 1 amide bonds. The molecule has 1 heterocycles. The molecule has 1 fully saturated rings. The zero-order chi connectivity index (χ0) is 23.0. The lowest BCUT2D eigenvalue weighted by Crippen LogP contribution is -2.35. The van der Waals surface area contributed by atoms with Crippen LogP contribution in [0.5, 0.6) is 0 Å². The molecule has 0 aromatic heterocycles. The fraction of sp³-hybridized carbons (Fsp3) is 0.350. The van der Waals surface area contributed by atoms with Gasteiger partial charge in [-0.3, -0.25) is 4.79 Å². The van der Waals surface area contributed by atoms with Crippen molar-refractivity contribution in [2.75, 3.05) is 30.7 Å². The van der Waals surface area contributed by atoms with Gasteiger partial charge in [-0.1, -0.05) is 12.1 Å². The van der Waals surface area contributed by atoms with E-state index in [0.717, 1.165) is 9.87 Å². The van der Waals surface area contributed by atoms with Crippen LogP contribution in [0, 0.1) is 12.7 Å². The summed E-state index contributed by atoms with van der Waals surface area (Å²) in [6.45, 7) is 1.58. The Hall–Kier alpha value is -2.34. The average molecular weight is 470 g/mol. The second-order valence-electron chi connectivity index (χ2n) is 7.56. The molecule has 0 radical (unpaired) electrons. The van der Waals surface area contributed by atoms with Crippen molar-refractivity contribution in [1.29, 1.82) is 0 Å². The molecule has 3 rings (SSSR count). The summed E-state index contributed by atoms with van der Waals surface area (Å²) >= 11 is 0. The lowest BCUT2D eigenvalue weighted by molar-refractivity contribution is -0.116. The number of nitrogens with zero attached hydrogens (tertiary/aromatic N) is 2. The summed E-state index contributed by atoms with van der Waals surface area (Å²) in [6.07, 6.45) is -0.0989. The number of aryl methyl sites for hydroxylation is 1. The zero-order valence-corrected chi connectivity index (χ0v) is 19.0. The number of hydrogen-bond acceptors (Lipinski definition) is 6. The number of anilines is 1. The van der Waals surface area contributed by atoms with Gasteiger partial charge in [0.25, 0.3) is 0 Å². The smallest absolute Gasteiger partial charge is 0.242 e. The molecule has 8 nitrogen and oxygen atoms in total. The third-order valence-electron chi connectivity index (χ3n) is 5.11. The van der Waals surface area contributed by atoms with Crippen molar-refractivity contribution in [3.63, 3.8) is 0 Å². The largest absolute Gasteiger partial charge is 0.301 e. The van der Waals surface area contributed by atoms with Crippen LogP contribution in [0.4, 0.5) is 10.1 Å². The third kappa shape index (κ3) is 4.95. The Morgan fingerprint density at radius 3 is 2.32 bits per heavy atom. The van der Waals surface area contributed by atoms with Crippen LogP contribution >= 0.6 is 0 Å². The molecule has 2 aromatic carbocycles. The van der Waals surface area contributed by atoms with Crippen LogP contribution in [0.3, 0.4) is 0 Å². The molecule has 1 aliphatic heterocycles. The molecular weight excluding hydrogens is 445 g/mol. The van der Waals surface area contributed by atoms with Gasteiger partial charge in [0.15, 0.2) is 0 Å². The minimum atomic E-state index is -3.92. The van der Waals surface area contributed by atoms with Crippen LogP contribution in [0.2, 0.25) is 0 Å². The number of sulfonamides is 2. The fourth-order valence-electron chi connectivity index (χ4n) is 3.48. The maximum absolute atomic E-state index is 13.2. The maximum atomic E-state index is 13.2. The number of nitrogens with one attached hydrogen (secondary N) is 1. The number of carbonyl (C=O) groups excluding carboxylic acids is 1. The first-order valence-electron chi connectivity index (χ1n) is 9.50. The number of carbonyl (C=O) groups is 1. The van der Waals surface area contributed by atoms with Crippen LogP contribution in [-0.4, -0.2) is 54.0 Å². The summed E-state index contributed by atoms with van der Waals surface area (Å²) in [6, 6.07) is 9.47. The van der Waals surface area contributed by atoms with Gasteiger partial charge >= 0.3 is 0 Å². The van der Waals surface area contributed by atoms with Crippen LogP contribution in [0.1, 0.15) is 23.6 Å². The van der Waals surface area contributed by atoms with Crippen LogP contribution in [0.15, 0.2) is 47.4 Å². The summed E-state index contributed by atoms with van der Waals surface area (Å²) in [5.74, 6) is -1.18. The first-order valence-corrected chi connectivity index (χ1v) is 12.6. The van der Waals surface area contributed by atoms with E-state index >= 15 is 0 Å². The minimum absolute atomic E-state index is 0.0168. The molecule has 0 aliphatic carbocycles. The van der Waals surface area contributed by atoms with E-state index in [4.69, 9.17) is 0 Å². The van der Waals surface area contributed by atoms with Gasteiger partial charge in [-0.2, -0.15) is 0 Å². The van der Waals surface area contributed by atoms with Crippen molar-refractivity contribution in [3.8, 4) is 0 Å². The first-order chi connectivity index (χ1) is 14.4. The number of halogens is 1. The first kappa shape index (κ1) is 23.3. The van der Waals surface area contributed by atoms with Gasteiger partial charge in [-0.15, -0.1) is 0 Å². The van der Waals surface area contributed by atoms with Gasteiger partial charge in [0.05, 0.1) is 16.3 Å². The summed E-state index contributed by atoms with van der Waals surface area (Å²) in [5, 5.41) is 0. The number of rotatable bonds is 7. The predicted molar refractivity (Wildman–Crippen MR) is 115 cm³/mol. The molecule has 1 unspecified atom stereocenters. The summed E-state index contributed by atoms with van der Waals surface area (Å²) in [5.41, 5.74) is 1.18. The highest BCUT2D eigenvalue weighted by atomic mass is 32.2. The van der Waals surface area contributed by atoms with Gasteiger partial charge in [-0.25, -0.2) is 30.3 Å². The highest BCUT2D eigenvalue weighted by molar-refractivity contribution is 7.94. The third-order valence-corrected chi connectivity index (χ3v) is 8.38. The monoisotopic (exact) mass is 469 g/mol. The molecule has 168 valence electrons. The molecule has 0 spiro atoms. The molecule has 1 aliphatic rings. The van der Waals surface area contributed by atoms with E-state index < -0.39 is 26.0 Å². The van der Waals surface area contributed by atoms with E-state index in [1.807, 2.05) is 4.90 Å². The Kier molecular flexibility index (Phi) is 6.51. The standard InChI is InChI=1S/C20H24FN3O5S2/c1-14-12-17(24-20(25)10-11-30(24,26)27)8-9-19(14)31(28,29)22-13-18(23(2)3)15-4-6-16(21)7-5-15/h4-9,12,18,22H,10-11,13H2,1-3H3. The van der Waals surface area contributed by atoms with Crippen LogP contribution < -0.4 is 9.03 Å². The second-order valence-corrected chi connectivity index (χ2v) is 11.2. The molecule has 31 heavy (non-hydrogen) atoms. The van der Waals surface area contributed by atoms with Gasteiger partial charge in [0.2, 0.25) is 26.0 Å². The number of benzene rings is 2. The maximum Gasteiger partial charge on any atom is 0.242 e. The van der Waals surface area contributed by atoms with Crippen molar-refractivity contribution >= 4 is 31.6 Å². The highest BCUT2D eigenvalue weighted by Crippen LogP contribution is 2.29. The van der Waals surface area contributed by atoms with Crippen LogP contribution in [0.25, 0.3) is 0 Å². The molecule has 11 heteroatoms. The summed E-state index contributed by atoms with van der Waals surface area (Å²) in [7, 11) is -4.08. The Labute approximate surface area is 181 Å². The molecular formula is C20H24FN3O5S2. The van der Waals surface area contributed by atoms with E-state index in [1.54, 1.807) is 26.2 Å². The Morgan fingerprint density at radius 1 is 1.16 bits per heavy atom. The second kappa shape index (κ2) is 8.65. The molecule has 0 bridgehead atoms. The van der Waals surface area contributed by atoms with E-state index in [9.17, 15) is 26.0 Å². The Bertz CT molecular complexity index is 1200.